The van der Waals surface area contributed by atoms with E-state index >= 15 is 0 Å². The zero-order valence-electron chi connectivity index (χ0n) is 7.64. The predicted octanol–water partition coefficient (Wildman–Crippen LogP) is 3.35. The van der Waals surface area contributed by atoms with E-state index in [2.05, 4.69) is 21.0 Å². The molecule has 0 bridgehead atoms. The largest absolute Gasteiger partial charge is 0.418 e. The summed E-state index contributed by atoms with van der Waals surface area (Å²) in [6.45, 7) is 0. The van der Waals surface area contributed by atoms with Crippen molar-refractivity contribution >= 4 is 26.8 Å². The van der Waals surface area contributed by atoms with Crippen LogP contribution in [0, 0.1) is 0 Å². The van der Waals surface area contributed by atoms with Gasteiger partial charge in [-0.2, -0.15) is 18.3 Å². The molecule has 80 valence electrons. The summed E-state index contributed by atoms with van der Waals surface area (Å²) < 4.78 is 39.8. The van der Waals surface area contributed by atoms with E-state index in [-0.39, 0.29) is 5.52 Å². The summed E-state index contributed by atoms with van der Waals surface area (Å²) in [5.41, 5.74) is -0.572. The number of nitrogens with zero attached hydrogens (tertiary/aromatic N) is 2. The summed E-state index contributed by atoms with van der Waals surface area (Å²) >= 11 is 3.19. The van der Waals surface area contributed by atoms with E-state index in [1.165, 1.54) is 24.0 Å². The molecule has 15 heavy (non-hydrogen) atoms. The number of benzene rings is 1. The molecule has 0 fully saturated rings. The molecule has 6 heteroatoms. The van der Waals surface area contributed by atoms with Gasteiger partial charge in [0.25, 0.3) is 0 Å². The Bertz CT molecular complexity index is 516. The lowest BCUT2D eigenvalue weighted by molar-refractivity contribution is -0.136. The zero-order chi connectivity index (χ0) is 11.2. The van der Waals surface area contributed by atoms with Crippen molar-refractivity contribution in [3.63, 3.8) is 0 Å². The van der Waals surface area contributed by atoms with E-state index in [9.17, 15) is 13.2 Å². The number of halogens is 4. The number of aryl methyl sites for hydroxylation is 1. The van der Waals surface area contributed by atoms with Crippen LogP contribution in [-0.4, -0.2) is 9.78 Å². The smallest absolute Gasteiger partial charge is 0.267 e. The SMILES string of the molecule is Cn1ncc2c(Br)ccc(C(F)(F)F)c21. The number of aromatic nitrogens is 2. The second-order valence-corrected chi connectivity index (χ2v) is 3.98. The maximum Gasteiger partial charge on any atom is 0.418 e. The van der Waals surface area contributed by atoms with E-state index < -0.39 is 11.7 Å². The normalized spacial score (nSPS) is 12.3. The van der Waals surface area contributed by atoms with E-state index in [1.807, 2.05) is 0 Å². The summed E-state index contributed by atoms with van der Waals surface area (Å²) in [6, 6.07) is 2.43. The van der Waals surface area contributed by atoms with E-state index in [1.54, 1.807) is 0 Å². The Kier molecular flexibility index (Phi) is 2.26. The van der Waals surface area contributed by atoms with Gasteiger partial charge in [-0.15, -0.1) is 0 Å². The number of hydrogen-bond acceptors (Lipinski definition) is 1. The Labute approximate surface area is 91.8 Å². The van der Waals surface area contributed by atoms with Gasteiger partial charge in [-0.05, 0) is 12.1 Å². The second-order valence-electron chi connectivity index (χ2n) is 3.12. The number of rotatable bonds is 0. The monoisotopic (exact) mass is 278 g/mol. The van der Waals surface area contributed by atoms with Gasteiger partial charge in [-0.1, -0.05) is 15.9 Å². The fraction of sp³-hybridized carbons (Fsp3) is 0.222. The van der Waals surface area contributed by atoms with Crippen LogP contribution in [0.5, 0.6) is 0 Å². The molecule has 0 amide bonds. The van der Waals surface area contributed by atoms with Gasteiger partial charge in [-0.25, -0.2) is 0 Å². The molecule has 2 aromatic rings. The Morgan fingerprint density at radius 1 is 1.33 bits per heavy atom. The molecular weight excluding hydrogens is 273 g/mol. The van der Waals surface area contributed by atoms with Crippen LogP contribution in [0.2, 0.25) is 0 Å². The van der Waals surface area contributed by atoms with Crippen molar-refractivity contribution in [2.75, 3.05) is 0 Å². The van der Waals surface area contributed by atoms with Crippen molar-refractivity contribution in [1.29, 1.82) is 0 Å². The van der Waals surface area contributed by atoms with Crippen LogP contribution in [0.25, 0.3) is 10.9 Å². The second kappa shape index (κ2) is 3.23. The summed E-state index contributed by atoms with van der Waals surface area (Å²) in [4.78, 5) is 0. The summed E-state index contributed by atoms with van der Waals surface area (Å²) in [5.74, 6) is 0. The van der Waals surface area contributed by atoms with Gasteiger partial charge in [-0.3, -0.25) is 4.68 Å². The number of hydrogen-bond donors (Lipinski definition) is 0. The van der Waals surface area contributed by atoms with Crippen molar-refractivity contribution in [2.24, 2.45) is 7.05 Å². The fourth-order valence-corrected chi connectivity index (χ4v) is 1.91. The molecule has 0 aliphatic carbocycles. The Morgan fingerprint density at radius 3 is 2.60 bits per heavy atom. The molecule has 2 rings (SSSR count). The molecule has 0 radical (unpaired) electrons. The van der Waals surface area contributed by atoms with Gasteiger partial charge < -0.3 is 0 Å². The maximum absolute atomic E-state index is 12.7. The summed E-state index contributed by atoms with van der Waals surface area (Å²) in [6.07, 6.45) is -2.94. The molecular formula is C9H6BrF3N2. The van der Waals surface area contributed by atoms with Gasteiger partial charge in [0.15, 0.2) is 0 Å². The first-order chi connectivity index (χ1) is 6.91. The first-order valence-electron chi connectivity index (χ1n) is 4.08. The minimum atomic E-state index is -4.35. The van der Waals surface area contributed by atoms with Crippen molar-refractivity contribution in [2.45, 2.75) is 6.18 Å². The minimum Gasteiger partial charge on any atom is -0.267 e. The third-order valence-corrected chi connectivity index (χ3v) is 2.84. The topological polar surface area (TPSA) is 17.8 Å². The lowest BCUT2D eigenvalue weighted by atomic mass is 10.1. The molecule has 0 atom stereocenters. The predicted molar refractivity (Wildman–Crippen MR) is 53.4 cm³/mol. The van der Waals surface area contributed by atoms with Crippen LogP contribution in [0.4, 0.5) is 13.2 Å². The molecule has 0 aliphatic heterocycles. The van der Waals surface area contributed by atoms with Gasteiger partial charge in [0.2, 0.25) is 0 Å². The van der Waals surface area contributed by atoms with Crippen LogP contribution in [0.1, 0.15) is 5.56 Å². The first-order valence-corrected chi connectivity index (χ1v) is 4.88. The van der Waals surface area contributed by atoms with Crippen molar-refractivity contribution < 1.29 is 13.2 Å². The first kappa shape index (κ1) is 10.5. The Hall–Kier alpha value is -1.04. The highest BCUT2D eigenvalue weighted by Crippen LogP contribution is 2.36. The van der Waals surface area contributed by atoms with Crippen molar-refractivity contribution in [1.82, 2.24) is 9.78 Å². The fourth-order valence-electron chi connectivity index (χ4n) is 1.49. The molecule has 0 saturated carbocycles. The van der Waals surface area contributed by atoms with E-state index in [0.29, 0.717) is 9.86 Å². The average molecular weight is 279 g/mol. The molecule has 1 aromatic carbocycles. The zero-order valence-corrected chi connectivity index (χ0v) is 9.22. The van der Waals surface area contributed by atoms with Crippen molar-refractivity contribution in [3.8, 4) is 0 Å². The molecule has 1 aromatic heterocycles. The number of fused-ring (bicyclic) bond motifs is 1. The highest BCUT2D eigenvalue weighted by atomic mass is 79.9. The quantitative estimate of drug-likeness (QED) is 0.723. The summed E-state index contributed by atoms with van der Waals surface area (Å²) in [5, 5.41) is 4.28. The molecule has 0 saturated heterocycles. The molecule has 0 N–H and O–H groups in total. The van der Waals surface area contributed by atoms with E-state index in [4.69, 9.17) is 0 Å². The van der Waals surface area contributed by atoms with Gasteiger partial charge in [0.05, 0.1) is 17.3 Å². The van der Waals surface area contributed by atoms with E-state index in [0.717, 1.165) is 6.07 Å². The molecule has 0 spiro atoms. The third kappa shape index (κ3) is 1.62. The lowest BCUT2D eigenvalue weighted by Gasteiger charge is -2.09. The highest BCUT2D eigenvalue weighted by molar-refractivity contribution is 9.10. The van der Waals surface area contributed by atoms with Crippen molar-refractivity contribution in [3.05, 3.63) is 28.4 Å². The van der Waals surface area contributed by atoms with Crippen LogP contribution in [0.3, 0.4) is 0 Å². The van der Waals surface area contributed by atoms with Gasteiger partial charge in [0, 0.05) is 16.9 Å². The number of alkyl halides is 3. The lowest BCUT2D eigenvalue weighted by Crippen LogP contribution is -2.07. The molecule has 2 nitrogen and oxygen atoms in total. The Balaban J connectivity index is 2.87. The van der Waals surface area contributed by atoms with Gasteiger partial charge >= 0.3 is 6.18 Å². The Morgan fingerprint density at radius 2 is 2.00 bits per heavy atom. The van der Waals surface area contributed by atoms with Crippen LogP contribution in [0.15, 0.2) is 22.8 Å². The molecule has 1 heterocycles. The van der Waals surface area contributed by atoms with Crippen LogP contribution >= 0.6 is 15.9 Å². The average Bonchev–Trinajstić information content (AvgIpc) is 2.48. The highest BCUT2D eigenvalue weighted by Gasteiger charge is 2.34. The molecule has 0 unspecified atom stereocenters. The maximum atomic E-state index is 12.7. The third-order valence-electron chi connectivity index (χ3n) is 2.15. The standard InChI is InChI=1S/C9H6BrF3N2/c1-15-8-5(4-14-15)7(10)3-2-6(8)9(11,12)13/h2-4H,1H3. The van der Waals surface area contributed by atoms with Gasteiger partial charge in [0.1, 0.15) is 0 Å². The molecule has 0 aliphatic rings. The van der Waals surface area contributed by atoms with Crippen LogP contribution < -0.4 is 0 Å². The minimum absolute atomic E-state index is 0.0943. The summed E-state index contributed by atoms with van der Waals surface area (Å²) in [7, 11) is 1.49. The van der Waals surface area contributed by atoms with Crippen LogP contribution in [-0.2, 0) is 13.2 Å².